The van der Waals surface area contributed by atoms with E-state index in [1.807, 2.05) is 12.1 Å². The molecule has 0 atom stereocenters. The van der Waals surface area contributed by atoms with Crippen LogP contribution in [0.3, 0.4) is 0 Å². The van der Waals surface area contributed by atoms with Crippen molar-refractivity contribution in [3.8, 4) is 34.8 Å². The summed E-state index contributed by atoms with van der Waals surface area (Å²) in [5.41, 5.74) is -2.80. The monoisotopic (exact) mass is 541 g/mol. The molecule has 1 amide bonds. The minimum atomic E-state index is -6.15. The number of nitrogens with zero attached hydrogens (tertiary/aromatic N) is 6. The van der Waals surface area contributed by atoms with E-state index in [-0.39, 0.29) is 22.3 Å². The number of amides is 1. The number of ether oxygens (including phenoxy) is 1. The van der Waals surface area contributed by atoms with Crippen molar-refractivity contribution in [1.82, 2.24) is 24.9 Å². The van der Waals surface area contributed by atoms with Crippen LogP contribution in [0, 0.1) is 22.7 Å². The van der Waals surface area contributed by atoms with Crippen molar-refractivity contribution >= 4 is 5.91 Å². The van der Waals surface area contributed by atoms with Gasteiger partial charge in [0.05, 0.1) is 29.5 Å². The predicted molar refractivity (Wildman–Crippen MR) is 112 cm³/mol. The molecule has 0 unspecified atom stereocenters. The molecule has 198 valence electrons. The number of rotatable bonds is 7. The zero-order valence-electron chi connectivity index (χ0n) is 19.0. The van der Waals surface area contributed by atoms with Crippen LogP contribution in [0.1, 0.15) is 34.5 Å². The Bertz CT molecular complexity index is 1490. The number of hydrogen-bond donors (Lipinski definition) is 1. The summed E-state index contributed by atoms with van der Waals surface area (Å²) in [4.78, 5) is 12.7. The van der Waals surface area contributed by atoms with E-state index in [0.29, 0.717) is 22.2 Å². The lowest BCUT2D eigenvalue weighted by Crippen LogP contribution is -2.35. The third-order valence-corrected chi connectivity index (χ3v) is 5.67. The van der Waals surface area contributed by atoms with Gasteiger partial charge in [0.25, 0.3) is 5.91 Å². The molecule has 16 heteroatoms. The van der Waals surface area contributed by atoms with E-state index >= 15 is 0 Å². The molecule has 0 bridgehead atoms. The predicted octanol–water partition coefficient (Wildman–Crippen LogP) is 4.19. The van der Waals surface area contributed by atoms with Gasteiger partial charge in [-0.1, -0.05) is 6.07 Å². The summed E-state index contributed by atoms with van der Waals surface area (Å²) in [7, 11) is 0.929. The van der Waals surface area contributed by atoms with Crippen molar-refractivity contribution in [2.24, 2.45) is 7.05 Å². The number of nitrogens with one attached hydrogen (secondary N) is 1. The second-order valence-electron chi connectivity index (χ2n) is 8.27. The molecule has 38 heavy (non-hydrogen) atoms. The molecule has 1 N–H and O–H groups in total. The van der Waals surface area contributed by atoms with Crippen LogP contribution in [0.15, 0.2) is 30.6 Å². The average molecular weight is 541 g/mol. The Kier molecular flexibility index (Phi) is 6.30. The van der Waals surface area contributed by atoms with Crippen LogP contribution in [-0.4, -0.2) is 43.8 Å². The molecule has 1 saturated carbocycles. The molecule has 0 aliphatic heterocycles. The Morgan fingerprint density at radius 3 is 2.42 bits per heavy atom. The second-order valence-corrected chi connectivity index (χ2v) is 8.27. The lowest BCUT2D eigenvalue weighted by molar-refractivity contribution is -0.291. The Morgan fingerprint density at radius 2 is 1.87 bits per heavy atom. The van der Waals surface area contributed by atoms with Crippen LogP contribution in [0.5, 0.6) is 5.75 Å². The highest BCUT2D eigenvalue weighted by Crippen LogP contribution is 2.48. The fourth-order valence-electron chi connectivity index (χ4n) is 3.56. The maximum absolute atomic E-state index is 14.1. The summed E-state index contributed by atoms with van der Waals surface area (Å²) in [5, 5.41) is 28.0. The topological polar surface area (TPSA) is 122 Å². The lowest BCUT2D eigenvalue weighted by atomic mass is 10.0. The van der Waals surface area contributed by atoms with Crippen molar-refractivity contribution in [3.05, 3.63) is 47.4 Å². The first-order chi connectivity index (χ1) is 17.7. The number of benzene rings is 1. The first kappa shape index (κ1) is 26.5. The third kappa shape index (κ3) is 4.60. The summed E-state index contributed by atoms with van der Waals surface area (Å²) in [6.07, 6.45) is -3.08. The van der Waals surface area contributed by atoms with Crippen molar-refractivity contribution < 1.29 is 40.3 Å². The van der Waals surface area contributed by atoms with Crippen molar-refractivity contribution in [3.63, 3.8) is 0 Å². The molecular weight excluding hydrogens is 527 g/mol. The summed E-state index contributed by atoms with van der Waals surface area (Å²) >= 11 is 0. The fourth-order valence-corrected chi connectivity index (χ4v) is 3.56. The van der Waals surface area contributed by atoms with Crippen LogP contribution in [0.4, 0.5) is 30.7 Å². The number of aromatic nitrogens is 4. The van der Waals surface area contributed by atoms with Crippen LogP contribution in [0.25, 0.3) is 16.9 Å². The first-order valence-corrected chi connectivity index (χ1v) is 10.5. The molecule has 3 aromatic rings. The van der Waals surface area contributed by atoms with Gasteiger partial charge in [0, 0.05) is 18.8 Å². The number of carbonyl (C=O) groups is 1. The molecule has 9 nitrogen and oxygen atoms in total. The summed E-state index contributed by atoms with van der Waals surface area (Å²) in [6, 6.07) is 7.80. The summed E-state index contributed by atoms with van der Waals surface area (Å²) < 4.78 is 98.2. The molecule has 2 heterocycles. The molecule has 0 radical (unpaired) electrons. The van der Waals surface area contributed by atoms with E-state index in [9.17, 15) is 46.1 Å². The Labute approximate surface area is 208 Å². The quantitative estimate of drug-likeness (QED) is 0.448. The Hall–Kier alpha value is -4.60. The van der Waals surface area contributed by atoms with Crippen molar-refractivity contribution in [1.29, 1.82) is 10.5 Å². The van der Waals surface area contributed by atoms with E-state index in [0.717, 1.165) is 19.4 Å². The highest BCUT2D eigenvalue weighted by molar-refractivity contribution is 5.98. The van der Waals surface area contributed by atoms with Gasteiger partial charge in [0.1, 0.15) is 5.54 Å². The van der Waals surface area contributed by atoms with E-state index in [4.69, 9.17) is 0 Å². The first-order valence-electron chi connectivity index (χ1n) is 10.5. The van der Waals surface area contributed by atoms with E-state index < -0.39 is 47.4 Å². The third-order valence-electron chi connectivity index (χ3n) is 5.67. The number of halogens is 7. The van der Waals surface area contributed by atoms with Gasteiger partial charge in [-0.25, -0.2) is 9.36 Å². The van der Waals surface area contributed by atoms with Gasteiger partial charge < -0.3 is 10.1 Å². The largest absolute Gasteiger partial charge is 0.459 e. The average Bonchev–Trinajstić information content (AvgIpc) is 3.30. The van der Waals surface area contributed by atoms with Crippen LogP contribution >= 0.6 is 0 Å². The van der Waals surface area contributed by atoms with E-state index in [1.54, 1.807) is 0 Å². The van der Waals surface area contributed by atoms with Crippen molar-refractivity contribution in [2.45, 2.75) is 37.1 Å². The van der Waals surface area contributed by atoms with Gasteiger partial charge in [0.15, 0.2) is 17.3 Å². The number of hydrogen-bond acceptors (Lipinski definition) is 6. The van der Waals surface area contributed by atoms with Gasteiger partial charge in [-0.15, -0.1) is 0 Å². The Morgan fingerprint density at radius 1 is 1.18 bits per heavy atom. The van der Waals surface area contributed by atoms with Gasteiger partial charge in [-0.3, -0.25) is 4.79 Å². The van der Waals surface area contributed by atoms with Crippen LogP contribution < -0.4 is 10.1 Å². The molecule has 1 aliphatic carbocycles. The molecule has 1 aliphatic rings. The number of alkyl halides is 7. The number of aryl methyl sites for hydroxylation is 1. The lowest BCUT2D eigenvalue weighted by Gasteiger charge is -2.18. The SMILES string of the molecule is Cn1nc(C(F)(F)C(F)(F)F)c(OC(F)F)c1-n1cc(-c2ccc(C#N)c(C(=O)NC3(C#N)CC3)c2)cn1. The normalized spacial score (nSPS) is 14.6. The smallest absolute Gasteiger partial charge is 0.428 e. The standard InChI is InChI=1S/C22H14F7N7O2/c1-35-18(15(38-19(23)24)16(34-35)21(25,26)22(27,28)29)36-9-13(8-32-36)11-2-3-12(7-30)14(6-11)17(37)33-20(10-31)4-5-20/h2-3,6,8-9,19H,4-5H2,1H3,(H,33,37). The van der Waals surface area contributed by atoms with Gasteiger partial charge in [0.2, 0.25) is 0 Å². The maximum atomic E-state index is 14.1. The molecule has 2 aromatic heterocycles. The highest BCUT2D eigenvalue weighted by Gasteiger charge is 2.62. The fraction of sp³-hybridized carbons (Fsp3) is 0.318. The number of carbonyl (C=O) groups excluding carboxylic acids is 1. The van der Waals surface area contributed by atoms with Gasteiger partial charge >= 0.3 is 18.7 Å². The summed E-state index contributed by atoms with van der Waals surface area (Å²) in [5.74, 6) is -8.62. The minimum Gasteiger partial charge on any atom is -0.428 e. The zero-order valence-corrected chi connectivity index (χ0v) is 19.0. The molecule has 1 aromatic carbocycles. The molecular formula is C22H14F7N7O2. The van der Waals surface area contributed by atoms with Crippen LogP contribution in [-0.2, 0) is 13.0 Å². The number of nitriles is 2. The second kappa shape index (κ2) is 9.05. The minimum absolute atomic E-state index is 0.0225. The Balaban J connectivity index is 1.76. The summed E-state index contributed by atoms with van der Waals surface area (Å²) in [6.45, 7) is -3.77. The van der Waals surface area contributed by atoms with Crippen molar-refractivity contribution in [2.75, 3.05) is 0 Å². The highest BCUT2D eigenvalue weighted by atomic mass is 19.4. The molecule has 4 rings (SSSR count). The van der Waals surface area contributed by atoms with E-state index in [1.165, 1.54) is 18.2 Å². The van der Waals surface area contributed by atoms with Gasteiger partial charge in [-0.2, -0.15) is 51.5 Å². The van der Waals surface area contributed by atoms with Gasteiger partial charge in [-0.05, 0) is 30.5 Å². The molecule has 0 saturated heterocycles. The zero-order chi connectivity index (χ0) is 28.0. The molecule has 1 fully saturated rings. The molecule has 0 spiro atoms. The van der Waals surface area contributed by atoms with E-state index in [2.05, 4.69) is 20.3 Å². The maximum Gasteiger partial charge on any atom is 0.459 e. The van der Waals surface area contributed by atoms with Crippen LogP contribution in [0.2, 0.25) is 0 Å².